The van der Waals surface area contributed by atoms with E-state index in [0.717, 1.165) is 98.0 Å². The van der Waals surface area contributed by atoms with Gasteiger partial charge >= 0.3 is 10.4 Å². The van der Waals surface area contributed by atoms with Crippen molar-refractivity contribution in [3.63, 3.8) is 0 Å². The molecule has 0 aliphatic carbocycles. The Labute approximate surface area is 320 Å². The van der Waals surface area contributed by atoms with E-state index in [0.29, 0.717) is 40.8 Å². The first-order valence-electron chi connectivity index (χ1n) is 17.8. The van der Waals surface area contributed by atoms with Gasteiger partial charge in [-0.05, 0) is 91.6 Å². The fraction of sp³-hybridized carbons (Fsp3) is 0. The van der Waals surface area contributed by atoms with Gasteiger partial charge in [-0.15, -0.1) is 0 Å². The van der Waals surface area contributed by atoms with Crippen LogP contribution in [0.4, 0.5) is 22.7 Å². The van der Waals surface area contributed by atoms with Crippen LogP contribution >= 0.6 is 12.3 Å². The van der Waals surface area contributed by atoms with Crippen LogP contribution in [0.15, 0.2) is 131 Å². The molecule has 4 aliphatic heterocycles. The summed E-state index contributed by atoms with van der Waals surface area (Å²) in [7, 11) is -4.95. The Hall–Kier alpha value is -6.70. The van der Waals surface area contributed by atoms with Crippen molar-refractivity contribution in [2.45, 2.75) is 0 Å². The second-order valence-electron chi connectivity index (χ2n) is 14.3. The van der Waals surface area contributed by atoms with Crippen molar-refractivity contribution < 1.29 is 25.9 Å². The lowest BCUT2D eigenvalue weighted by molar-refractivity contribution is 0.364. The Morgan fingerprint density at radius 1 is 0.518 bits per heavy atom. The predicted molar refractivity (Wildman–Crippen MR) is 223 cm³/mol. The Balaban J connectivity index is 1.17. The second kappa shape index (κ2) is 10.3. The van der Waals surface area contributed by atoms with Gasteiger partial charge in [0.1, 0.15) is 11.7 Å². The Bertz CT molecular complexity index is 3670. The predicted octanol–water partition coefficient (Wildman–Crippen LogP) is 8.96. The van der Waals surface area contributed by atoms with Crippen LogP contribution in [0.1, 0.15) is 11.1 Å². The van der Waals surface area contributed by atoms with Gasteiger partial charge in [0.05, 0.1) is 22.7 Å². The van der Waals surface area contributed by atoms with Crippen LogP contribution in [0, 0.1) is 0 Å². The maximum atomic E-state index is 12.6. The van der Waals surface area contributed by atoms with Crippen LogP contribution in [0.3, 0.4) is 0 Å². The molecule has 9 aromatic carbocycles. The summed E-state index contributed by atoms with van der Waals surface area (Å²) in [5.41, 5.74) is 4.93. The quantitative estimate of drug-likeness (QED) is 0.0782. The van der Waals surface area contributed by atoms with Crippen LogP contribution in [-0.2, 0) is 18.8 Å². The first-order valence-corrected chi connectivity index (χ1v) is 19.9. The molecule has 10 nitrogen and oxygen atoms in total. The monoisotopic (exact) mass is 766 g/mol. The number of hydrogen-bond acceptors (Lipinski definition) is 10. The lowest BCUT2D eigenvalue weighted by Gasteiger charge is -2.36. The van der Waals surface area contributed by atoms with Gasteiger partial charge in [-0.25, -0.2) is 9.98 Å². The third kappa shape index (κ3) is 3.71. The number of hydrogen-bond donors (Lipinski definition) is 2. The molecule has 0 fully saturated rings. The highest BCUT2D eigenvalue weighted by molar-refractivity contribution is 7.89. The van der Waals surface area contributed by atoms with Gasteiger partial charge in [-0.3, -0.25) is 18.9 Å². The molecular formula is C44H22N4O6S2. The van der Waals surface area contributed by atoms with Crippen molar-refractivity contribution in [2.75, 3.05) is 9.80 Å². The summed E-state index contributed by atoms with van der Waals surface area (Å²) in [5.74, 6) is 1.59. The molecule has 0 radical (unpaired) electrons. The normalized spacial score (nSPS) is 15.2. The molecule has 0 amide bonds. The van der Waals surface area contributed by atoms with Crippen LogP contribution in [0.5, 0.6) is 0 Å². The summed E-state index contributed by atoms with van der Waals surface area (Å²) in [6, 6.07) is 40.2. The van der Waals surface area contributed by atoms with Crippen molar-refractivity contribution in [1.82, 2.24) is 0 Å². The molecule has 0 spiro atoms. The lowest BCUT2D eigenvalue weighted by Crippen LogP contribution is -2.41. The zero-order valence-corrected chi connectivity index (χ0v) is 30.3. The summed E-state index contributed by atoms with van der Waals surface area (Å²) in [6.07, 6.45) is 0. The SMILES string of the molecule is O=S(=O)(O)OC1=c2ccc3c4ccc5c6c(ccc(c7ccc(c2c73)C2=Nc3cccc7cccc(c37)N21)c64)C1=Nc2cccc3cccc(c23)N1C=5OSO. The first kappa shape index (κ1) is 30.6. The molecule has 0 atom stereocenters. The number of amidine groups is 2. The molecule has 4 heterocycles. The smallest absolute Gasteiger partial charge is 0.380 e. The summed E-state index contributed by atoms with van der Waals surface area (Å²) in [5, 5.41) is 12.6. The molecule has 0 saturated carbocycles. The molecule has 0 saturated heterocycles. The van der Waals surface area contributed by atoms with E-state index in [1.807, 2.05) is 89.8 Å². The fourth-order valence-electron chi connectivity index (χ4n) is 9.65. The first-order chi connectivity index (χ1) is 27.4. The highest BCUT2D eigenvalue weighted by Gasteiger charge is 2.38. The van der Waals surface area contributed by atoms with E-state index in [9.17, 15) is 17.5 Å². The van der Waals surface area contributed by atoms with Crippen molar-refractivity contribution in [1.29, 1.82) is 0 Å². The summed E-state index contributed by atoms with van der Waals surface area (Å²) >= 11 is 0.302. The highest BCUT2D eigenvalue weighted by atomic mass is 32.3. The van der Waals surface area contributed by atoms with Crippen LogP contribution in [-0.4, -0.2) is 29.2 Å². The van der Waals surface area contributed by atoms with Crippen LogP contribution < -0.4 is 20.2 Å². The van der Waals surface area contributed by atoms with E-state index in [1.54, 1.807) is 4.90 Å². The van der Waals surface area contributed by atoms with Crippen LogP contribution in [0.2, 0.25) is 0 Å². The lowest BCUT2D eigenvalue weighted by atomic mass is 9.84. The van der Waals surface area contributed by atoms with Crippen molar-refractivity contribution in [3.05, 3.63) is 143 Å². The molecule has 266 valence electrons. The van der Waals surface area contributed by atoms with Crippen molar-refractivity contribution >= 4 is 134 Å². The Kier molecular flexibility index (Phi) is 5.64. The molecule has 0 bridgehead atoms. The molecule has 2 N–H and O–H groups in total. The molecule has 56 heavy (non-hydrogen) atoms. The fourth-order valence-corrected chi connectivity index (χ4v) is 10.2. The molecule has 12 heteroatoms. The third-order valence-electron chi connectivity index (χ3n) is 11.6. The van der Waals surface area contributed by atoms with E-state index in [2.05, 4.69) is 36.4 Å². The Morgan fingerprint density at radius 3 is 1.45 bits per heavy atom. The molecule has 9 aromatic rings. The van der Waals surface area contributed by atoms with Crippen molar-refractivity contribution in [2.24, 2.45) is 9.98 Å². The van der Waals surface area contributed by atoms with Gasteiger partial charge in [0, 0.05) is 43.1 Å². The van der Waals surface area contributed by atoms with E-state index in [1.165, 1.54) is 0 Å². The Morgan fingerprint density at radius 2 is 0.964 bits per heavy atom. The zero-order chi connectivity index (χ0) is 37.2. The number of anilines is 2. The number of nitrogens with zero attached hydrogens (tertiary/aromatic N) is 4. The maximum absolute atomic E-state index is 12.6. The minimum Gasteiger partial charge on any atom is -0.380 e. The maximum Gasteiger partial charge on any atom is 0.447 e. The van der Waals surface area contributed by atoms with Gasteiger partial charge < -0.3 is 8.37 Å². The van der Waals surface area contributed by atoms with Gasteiger partial charge in [0.2, 0.25) is 24.1 Å². The second-order valence-corrected chi connectivity index (χ2v) is 15.6. The summed E-state index contributed by atoms with van der Waals surface area (Å²) in [4.78, 5) is 14.0. The van der Waals surface area contributed by atoms with E-state index >= 15 is 0 Å². The summed E-state index contributed by atoms with van der Waals surface area (Å²) < 4.78 is 57.1. The number of rotatable bonds is 4. The van der Waals surface area contributed by atoms with E-state index in [-0.39, 0.29) is 5.88 Å². The molecule has 0 unspecified atom stereocenters. The van der Waals surface area contributed by atoms with Gasteiger partial charge in [-0.2, -0.15) is 8.42 Å². The van der Waals surface area contributed by atoms with Gasteiger partial charge in [-0.1, -0.05) is 72.8 Å². The molecule has 4 aliphatic rings. The minimum absolute atomic E-state index is 0.0518. The largest absolute Gasteiger partial charge is 0.447 e. The summed E-state index contributed by atoms with van der Waals surface area (Å²) in [6.45, 7) is 0. The topological polar surface area (TPSA) is 124 Å². The molecule has 13 rings (SSSR count). The molecular weight excluding hydrogens is 745 g/mol. The third-order valence-corrected chi connectivity index (χ3v) is 12.2. The van der Waals surface area contributed by atoms with E-state index in [4.69, 9.17) is 18.4 Å². The number of fused-ring (bicyclic) bond motifs is 8. The van der Waals surface area contributed by atoms with Crippen LogP contribution in [0.25, 0.3) is 76.4 Å². The van der Waals surface area contributed by atoms with Gasteiger partial charge in [0.25, 0.3) is 0 Å². The van der Waals surface area contributed by atoms with Gasteiger partial charge in [0.15, 0.2) is 0 Å². The molecule has 0 aromatic heterocycles. The highest BCUT2D eigenvalue weighted by Crippen LogP contribution is 2.49. The zero-order valence-electron chi connectivity index (χ0n) is 28.7. The number of aliphatic imine (C=N–C) groups is 2. The average Bonchev–Trinajstić information content (AvgIpc) is 3.20. The number of benzene rings is 9. The standard InChI is InChI=1S/C44H22N4O6S2/c49-55-53-43-29-19-15-25-26-16-20-30-40-28(42-46-32-10-2-6-22-8-4-12-34(36(22)32)48(42)44(30)54-56(50,51)52)18-14-24(38(26)40)23-13-17-27(39(29)37(23)25)41-45-31-9-1-5-21-7-3-11-33(35(21)31)47(41)43/h1-20,49H,(H,50,51,52). The van der Waals surface area contributed by atoms with E-state index < -0.39 is 10.4 Å². The van der Waals surface area contributed by atoms with Crippen molar-refractivity contribution in [3.8, 4) is 0 Å². The average molecular weight is 767 g/mol. The minimum atomic E-state index is -4.95.